The molecule has 0 bridgehead atoms. The minimum atomic E-state index is -4.93. The van der Waals surface area contributed by atoms with Crippen molar-refractivity contribution >= 4 is 22.0 Å². The number of alkyl halides is 3. The Morgan fingerprint density at radius 3 is 2.12 bits per heavy atom. The third-order valence-corrected chi connectivity index (χ3v) is 5.91. The number of halogens is 3. The van der Waals surface area contributed by atoms with Crippen molar-refractivity contribution in [2.45, 2.75) is 43.9 Å². The molecule has 0 heterocycles. The topological polar surface area (TPSA) is 116 Å². The Labute approximate surface area is 143 Å². The van der Waals surface area contributed by atoms with E-state index >= 15 is 0 Å². The number of nitrogens with one attached hydrogen (secondary N) is 2. The normalized spacial score (nSPS) is 23.1. The van der Waals surface area contributed by atoms with Crippen molar-refractivity contribution in [3.05, 3.63) is 0 Å². The number of carboxylic acid groups (broad SMARTS) is 1. The summed E-state index contributed by atoms with van der Waals surface area (Å²) in [7, 11) is -1.97. The Morgan fingerprint density at radius 2 is 1.72 bits per heavy atom. The van der Waals surface area contributed by atoms with Crippen molar-refractivity contribution in [3.8, 4) is 0 Å². The SMILES string of the molecule is CN(C)S(=O)(=O)CC(NC(=O)NC1CCC(C(=O)O)CC1)C(F)(F)F. The summed E-state index contributed by atoms with van der Waals surface area (Å²) in [6, 6.07) is -4.12. The second kappa shape index (κ2) is 8.21. The number of amides is 2. The first-order valence-corrected chi connectivity index (χ1v) is 9.20. The number of nitrogens with zero attached hydrogens (tertiary/aromatic N) is 1. The van der Waals surface area contributed by atoms with Crippen LogP contribution in [0.2, 0.25) is 0 Å². The van der Waals surface area contributed by atoms with Crippen LogP contribution in [-0.2, 0) is 14.8 Å². The van der Waals surface area contributed by atoms with E-state index in [0.29, 0.717) is 30.0 Å². The minimum absolute atomic E-state index is 0.317. The van der Waals surface area contributed by atoms with E-state index in [0.717, 1.165) is 14.1 Å². The van der Waals surface area contributed by atoms with E-state index in [9.17, 15) is 31.2 Å². The van der Waals surface area contributed by atoms with Crippen molar-refractivity contribution in [1.82, 2.24) is 14.9 Å². The molecule has 25 heavy (non-hydrogen) atoms. The summed E-state index contributed by atoms with van der Waals surface area (Å²) in [6.45, 7) is 0. The van der Waals surface area contributed by atoms with Gasteiger partial charge in [-0.2, -0.15) is 13.2 Å². The van der Waals surface area contributed by atoms with Crippen LogP contribution in [0.3, 0.4) is 0 Å². The molecule has 0 spiro atoms. The van der Waals surface area contributed by atoms with Crippen LogP contribution in [-0.4, -0.2) is 67.9 Å². The molecule has 1 unspecified atom stereocenters. The fraction of sp³-hybridized carbons (Fsp3) is 0.846. The molecule has 0 saturated heterocycles. The molecule has 0 aliphatic heterocycles. The van der Waals surface area contributed by atoms with Gasteiger partial charge < -0.3 is 15.7 Å². The van der Waals surface area contributed by atoms with Gasteiger partial charge in [0.15, 0.2) is 0 Å². The van der Waals surface area contributed by atoms with Gasteiger partial charge in [0, 0.05) is 20.1 Å². The maximum absolute atomic E-state index is 13.0. The van der Waals surface area contributed by atoms with Gasteiger partial charge in [0.25, 0.3) is 0 Å². The third-order valence-electron chi connectivity index (χ3n) is 4.05. The maximum atomic E-state index is 13.0. The highest BCUT2D eigenvalue weighted by Gasteiger charge is 2.44. The molecule has 8 nitrogen and oxygen atoms in total. The predicted molar refractivity (Wildman–Crippen MR) is 82.4 cm³/mol. The predicted octanol–water partition coefficient (Wildman–Crippen LogP) is 0.751. The van der Waals surface area contributed by atoms with Crippen molar-refractivity contribution < 1.29 is 36.3 Å². The molecule has 1 aliphatic rings. The van der Waals surface area contributed by atoms with E-state index in [1.165, 1.54) is 0 Å². The standard InChI is InChI=1S/C13H22F3N3O5S/c1-19(2)25(23,24)7-10(13(14,15)16)18-12(22)17-9-5-3-8(4-6-9)11(20)21/h8-10H,3-7H2,1-2H3,(H,20,21)(H2,17,18,22). The average Bonchev–Trinajstić information content (AvgIpc) is 2.45. The van der Waals surface area contributed by atoms with Gasteiger partial charge in [-0.25, -0.2) is 17.5 Å². The van der Waals surface area contributed by atoms with Gasteiger partial charge in [0.05, 0.1) is 11.7 Å². The number of urea groups is 1. The molecule has 1 fully saturated rings. The first-order chi connectivity index (χ1) is 11.3. The van der Waals surface area contributed by atoms with E-state index in [2.05, 4.69) is 5.32 Å². The van der Waals surface area contributed by atoms with Crippen molar-refractivity contribution in [3.63, 3.8) is 0 Å². The van der Waals surface area contributed by atoms with Crippen LogP contribution in [0, 0.1) is 5.92 Å². The lowest BCUT2D eigenvalue weighted by atomic mass is 9.86. The number of sulfonamides is 1. The summed E-state index contributed by atoms with van der Waals surface area (Å²) in [4.78, 5) is 22.6. The van der Waals surface area contributed by atoms with Crippen molar-refractivity contribution in [2.75, 3.05) is 19.8 Å². The lowest BCUT2D eigenvalue weighted by molar-refractivity contribution is -0.148. The first-order valence-electron chi connectivity index (χ1n) is 7.59. The zero-order valence-electron chi connectivity index (χ0n) is 13.8. The van der Waals surface area contributed by atoms with Gasteiger partial charge >= 0.3 is 18.2 Å². The number of hydrogen-bond donors (Lipinski definition) is 3. The van der Waals surface area contributed by atoms with Gasteiger partial charge in [-0.05, 0) is 25.7 Å². The lowest BCUT2D eigenvalue weighted by Gasteiger charge is -2.28. The Kier molecular flexibility index (Phi) is 7.06. The molecular weight excluding hydrogens is 367 g/mol. The summed E-state index contributed by atoms with van der Waals surface area (Å²) in [5.41, 5.74) is 0. The van der Waals surface area contributed by atoms with E-state index in [-0.39, 0.29) is 0 Å². The van der Waals surface area contributed by atoms with Crippen LogP contribution >= 0.6 is 0 Å². The lowest BCUT2D eigenvalue weighted by Crippen LogP contribution is -2.55. The molecule has 2 amide bonds. The average molecular weight is 389 g/mol. The summed E-state index contributed by atoms with van der Waals surface area (Å²) >= 11 is 0. The molecule has 12 heteroatoms. The summed E-state index contributed by atoms with van der Waals surface area (Å²) in [5, 5.41) is 12.9. The number of carboxylic acids is 1. The zero-order valence-corrected chi connectivity index (χ0v) is 14.7. The van der Waals surface area contributed by atoms with Gasteiger partial charge in [-0.1, -0.05) is 0 Å². The highest BCUT2D eigenvalue weighted by molar-refractivity contribution is 7.89. The van der Waals surface area contributed by atoms with E-state index < -0.39 is 52.0 Å². The molecule has 1 aliphatic carbocycles. The summed E-state index contributed by atoms with van der Waals surface area (Å²) in [5.74, 6) is -2.76. The smallest absolute Gasteiger partial charge is 0.409 e. The van der Waals surface area contributed by atoms with E-state index in [1.807, 2.05) is 0 Å². The quantitative estimate of drug-likeness (QED) is 0.620. The number of rotatable bonds is 6. The second-order valence-corrected chi connectivity index (χ2v) is 8.39. The van der Waals surface area contributed by atoms with Gasteiger partial charge in [-0.15, -0.1) is 0 Å². The molecule has 1 saturated carbocycles. The highest BCUT2D eigenvalue weighted by atomic mass is 32.2. The number of aliphatic carboxylic acids is 1. The molecule has 3 N–H and O–H groups in total. The van der Waals surface area contributed by atoms with E-state index in [1.54, 1.807) is 5.32 Å². The molecule has 0 radical (unpaired) electrons. The molecular formula is C13H22F3N3O5S. The van der Waals surface area contributed by atoms with Crippen LogP contribution < -0.4 is 10.6 Å². The Balaban J connectivity index is 2.63. The monoisotopic (exact) mass is 389 g/mol. The molecule has 1 rings (SSSR count). The van der Waals surface area contributed by atoms with Crippen LogP contribution in [0.5, 0.6) is 0 Å². The summed E-state index contributed by atoms with van der Waals surface area (Å²) < 4.78 is 63.0. The van der Waals surface area contributed by atoms with Crippen molar-refractivity contribution in [1.29, 1.82) is 0 Å². The minimum Gasteiger partial charge on any atom is -0.481 e. The van der Waals surface area contributed by atoms with Gasteiger partial charge in [0.2, 0.25) is 10.0 Å². The molecule has 0 aromatic heterocycles. The fourth-order valence-electron chi connectivity index (χ4n) is 2.45. The molecule has 0 aromatic rings. The third kappa shape index (κ3) is 6.69. The number of hydrogen-bond acceptors (Lipinski definition) is 4. The van der Waals surface area contributed by atoms with Crippen LogP contribution in [0.1, 0.15) is 25.7 Å². The number of carbonyl (C=O) groups excluding carboxylic acids is 1. The van der Waals surface area contributed by atoms with Gasteiger partial charge in [0.1, 0.15) is 6.04 Å². The summed E-state index contributed by atoms with van der Waals surface area (Å²) in [6.07, 6.45) is -3.63. The van der Waals surface area contributed by atoms with Gasteiger partial charge in [-0.3, -0.25) is 4.79 Å². The second-order valence-electron chi connectivity index (χ2n) is 6.16. The molecule has 0 aromatic carbocycles. The Bertz CT molecular complexity index is 586. The van der Waals surface area contributed by atoms with Crippen LogP contribution in [0.25, 0.3) is 0 Å². The van der Waals surface area contributed by atoms with Crippen LogP contribution in [0.4, 0.5) is 18.0 Å². The number of carbonyl (C=O) groups is 2. The highest BCUT2D eigenvalue weighted by Crippen LogP contribution is 2.25. The molecule has 1 atom stereocenters. The first kappa shape index (κ1) is 21.5. The van der Waals surface area contributed by atoms with Crippen LogP contribution in [0.15, 0.2) is 0 Å². The largest absolute Gasteiger partial charge is 0.481 e. The maximum Gasteiger partial charge on any atom is 0.409 e. The Hall–Kier alpha value is -1.56. The Morgan fingerprint density at radius 1 is 1.20 bits per heavy atom. The van der Waals surface area contributed by atoms with E-state index in [4.69, 9.17) is 5.11 Å². The zero-order chi connectivity index (χ0) is 19.4. The molecule has 146 valence electrons. The fourth-order valence-corrected chi connectivity index (χ4v) is 3.44. The van der Waals surface area contributed by atoms with Crippen molar-refractivity contribution in [2.24, 2.45) is 5.92 Å².